The first-order valence-corrected chi connectivity index (χ1v) is 12.7. The molecular weight excluding hydrogens is 552 g/mol. The number of amides is 1. The Hall–Kier alpha value is -3.01. The number of anilines is 1. The van der Waals surface area contributed by atoms with Crippen LogP contribution in [0.5, 0.6) is 11.5 Å². The van der Waals surface area contributed by atoms with Gasteiger partial charge in [0.15, 0.2) is 11.0 Å². The van der Waals surface area contributed by atoms with Crippen LogP contribution in [0.1, 0.15) is 11.4 Å². The standard InChI is InChI=1S/C25H22BrClN4O3S/c1-16-13-17(26)3-12-22(16)28-24(32)15-35-25-30-29-23(14-34-21-8-4-18(27)5-9-21)31(25)19-6-10-20(33-2)11-7-19/h3-13H,14-15H2,1-2H3,(H,28,32). The molecule has 35 heavy (non-hydrogen) atoms. The van der Waals surface area contributed by atoms with Crippen molar-refractivity contribution < 1.29 is 14.3 Å². The molecule has 0 spiro atoms. The fourth-order valence-electron chi connectivity index (χ4n) is 3.24. The van der Waals surface area contributed by atoms with Crippen LogP contribution in [0.15, 0.2) is 76.4 Å². The molecule has 7 nitrogen and oxygen atoms in total. The van der Waals surface area contributed by atoms with Crippen LogP contribution in [0, 0.1) is 6.92 Å². The van der Waals surface area contributed by atoms with Gasteiger partial charge in [-0.1, -0.05) is 39.3 Å². The molecule has 10 heteroatoms. The number of nitrogens with one attached hydrogen (secondary N) is 1. The van der Waals surface area contributed by atoms with Crippen LogP contribution in [0.25, 0.3) is 5.69 Å². The maximum Gasteiger partial charge on any atom is 0.234 e. The average Bonchev–Trinajstić information content (AvgIpc) is 3.27. The van der Waals surface area contributed by atoms with E-state index < -0.39 is 0 Å². The molecule has 180 valence electrons. The number of methoxy groups -OCH3 is 1. The van der Waals surface area contributed by atoms with E-state index in [1.54, 1.807) is 31.4 Å². The molecule has 1 amide bonds. The monoisotopic (exact) mass is 572 g/mol. The number of hydrogen-bond donors (Lipinski definition) is 1. The second-order valence-corrected chi connectivity index (χ2v) is 9.77. The largest absolute Gasteiger partial charge is 0.497 e. The van der Waals surface area contributed by atoms with Gasteiger partial charge < -0.3 is 14.8 Å². The van der Waals surface area contributed by atoms with Gasteiger partial charge in [0.05, 0.1) is 12.9 Å². The Morgan fingerprint density at radius 3 is 2.46 bits per heavy atom. The Morgan fingerprint density at radius 1 is 1.06 bits per heavy atom. The van der Waals surface area contributed by atoms with Crippen molar-refractivity contribution in [1.29, 1.82) is 0 Å². The van der Waals surface area contributed by atoms with Gasteiger partial charge in [-0.2, -0.15) is 0 Å². The summed E-state index contributed by atoms with van der Waals surface area (Å²) >= 11 is 10.7. The Bertz CT molecular complexity index is 1310. The first-order valence-electron chi connectivity index (χ1n) is 10.6. The Balaban J connectivity index is 1.52. The SMILES string of the molecule is COc1ccc(-n2c(COc3ccc(Cl)cc3)nnc2SCC(=O)Nc2ccc(Br)cc2C)cc1. The first-order chi connectivity index (χ1) is 16.9. The minimum Gasteiger partial charge on any atom is -0.497 e. The third kappa shape index (κ3) is 6.56. The van der Waals surface area contributed by atoms with E-state index in [9.17, 15) is 4.79 Å². The molecule has 0 bridgehead atoms. The lowest BCUT2D eigenvalue weighted by Gasteiger charge is -2.12. The highest BCUT2D eigenvalue weighted by atomic mass is 79.9. The zero-order valence-electron chi connectivity index (χ0n) is 19.0. The van der Waals surface area contributed by atoms with E-state index in [0.717, 1.165) is 27.2 Å². The van der Waals surface area contributed by atoms with Crippen LogP contribution in [-0.4, -0.2) is 33.5 Å². The van der Waals surface area contributed by atoms with Crippen molar-refractivity contribution in [3.05, 3.63) is 87.6 Å². The fraction of sp³-hybridized carbons (Fsp3) is 0.160. The van der Waals surface area contributed by atoms with Crippen molar-refractivity contribution in [2.75, 3.05) is 18.2 Å². The molecule has 0 atom stereocenters. The third-order valence-corrected chi connectivity index (χ3v) is 6.68. The van der Waals surface area contributed by atoms with Crippen molar-refractivity contribution in [2.45, 2.75) is 18.7 Å². The summed E-state index contributed by atoms with van der Waals surface area (Å²) in [5, 5.41) is 12.8. The molecule has 1 aromatic heterocycles. The predicted octanol–water partition coefficient (Wildman–Crippen LogP) is 6.31. The van der Waals surface area contributed by atoms with Gasteiger partial charge in [0.2, 0.25) is 5.91 Å². The third-order valence-electron chi connectivity index (χ3n) is 5.01. The minimum atomic E-state index is -0.135. The second kappa shape index (κ2) is 11.6. The highest BCUT2D eigenvalue weighted by Crippen LogP contribution is 2.26. The number of ether oxygens (including phenoxy) is 2. The molecule has 0 unspecified atom stereocenters. The molecule has 0 saturated carbocycles. The van der Waals surface area contributed by atoms with Gasteiger partial charge in [0.25, 0.3) is 0 Å². The van der Waals surface area contributed by atoms with Crippen molar-refractivity contribution in [3.63, 3.8) is 0 Å². The van der Waals surface area contributed by atoms with Gasteiger partial charge in [-0.3, -0.25) is 9.36 Å². The molecule has 0 aliphatic rings. The zero-order chi connectivity index (χ0) is 24.8. The van der Waals surface area contributed by atoms with Crippen LogP contribution in [0.3, 0.4) is 0 Å². The summed E-state index contributed by atoms with van der Waals surface area (Å²) in [4.78, 5) is 12.6. The van der Waals surface area contributed by atoms with Crippen molar-refractivity contribution in [2.24, 2.45) is 0 Å². The van der Waals surface area contributed by atoms with E-state index in [4.69, 9.17) is 21.1 Å². The number of benzene rings is 3. The summed E-state index contributed by atoms with van der Waals surface area (Å²) in [6.45, 7) is 2.13. The van der Waals surface area contributed by atoms with Crippen molar-refractivity contribution >= 4 is 50.9 Å². The minimum absolute atomic E-state index is 0.135. The Kier molecular flexibility index (Phi) is 8.33. The van der Waals surface area contributed by atoms with Crippen molar-refractivity contribution in [1.82, 2.24) is 14.8 Å². The lowest BCUT2D eigenvalue weighted by molar-refractivity contribution is -0.113. The molecule has 0 fully saturated rings. The molecule has 0 aliphatic carbocycles. The van der Waals surface area contributed by atoms with Gasteiger partial charge in [-0.25, -0.2) is 0 Å². The molecule has 1 N–H and O–H groups in total. The summed E-state index contributed by atoms with van der Waals surface area (Å²) in [5.41, 5.74) is 2.57. The van der Waals surface area contributed by atoms with E-state index in [1.807, 2.05) is 54.0 Å². The summed E-state index contributed by atoms with van der Waals surface area (Å²) in [6.07, 6.45) is 0. The van der Waals surface area contributed by atoms with Crippen LogP contribution >= 0.6 is 39.3 Å². The molecular formula is C25H22BrClN4O3S. The molecule has 0 radical (unpaired) electrons. The molecule has 1 heterocycles. The molecule has 0 saturated heterocycles. The van der Waals surface area contributed by atoms with Crippen molar-refractivity contribution in [3.8, 4) is 17.2 Å². The van der Waals surface area contributed by atoms with Gasteiger partial charge in [-0.05, 0) is 79.2 Å². The van der Waals surface area contributed by atoms with Crippen LogP contribution in [-0.2, 0) is 11.4 Å². The number of aromatic nitrogens is 3. The maximum atomic E-state index is 12.6. The molecule has 4 aromatic rings. The zero-order valence-corrected chi connectivity index (χ0v) is 22.2. The fourth-order valence-corrected chi connectivity index (χ4v) is 4.61. The van der Waals surface area contributed by atoms with Gasteiger partial charge >= 0.3 is 0 Å². The second-order valence-electron chi connectivity index (χ2n) is 7.47. The highest BCUT2D eigenvalue weighted by Gasteiger charge is 2.17. The smallest absolute Gasteiger partial charge is 0.234 e. The lowest BCUT2D eigenvalue weighted by Crippen LogP contribution is -2.15. The normalized spacial score (nSPS) is 10.7. The number of nitrogens with zero attached hydrogens (tertiary/aromatic N) is 3. The predicted molar refractivity (Wildman–Crippen MR) is 142 cm³/mol. The van der Waals surface area contributed by atoms with Gasteiger partial charge in [0.1, 0.15) is 18.1 Å². The number of aryl methyl sites for hydroxylation is 1. The summed E-state index contributed by atoms with van der Waals surface area (Å²) in [7, 11) is 1.62. The van der Waals surface area contributed by atoms with E-state index in [-0.39, 0.29) is 18.3 Å². The number of rotatable bonds is 9. The Morgan fingerprint density at radius 2 is 1.77 bits per heavy atom. The molecule has 4 rings (SSSR count). The van der Waals surface area contributed by atoms with E-state index >= 15 is 0 Å². The van der Waals surface area contributed by atoms with Crippen LogP contribution < -0.4 is 14.8 Å². The maximum absolute atomic E-state index is 12.6. The van der Waals surface area contributed by atoms with Gasteiger partial charge in [0, 0.05) is 20.9 Å². The number of hydrogen-bond acceptors (Lipinski definition) is 6. The highest BCUT2D eigenvalue weighted by molar-refractivity contribution is 9.10. The topological polar surface area (TPSA) is 78.3 Å². The number of thioether (sulfide) groups is 1. The average molecular weight is 574 g/mol. The molecule has 0 aliphatic heterocycles. The van der Waals surface area contributed by atoms with Crippen LogP contribution in [0.2, 0.25) is 5.02 Å². The van der Waals surface area contributed by atoms with E-state index in [1.165, 1.54) is 11.8 Å². The lowest BCUT2D eigenvalue weighted by atomic mass is 10.2. The van der Waals surface area contributed by atoms with E-state index in [2.05, 4.69) is 31.4 Å². The summed E-state index contributed by atoms with van der Waals surface area (Å²) < 4.78 is 14.0. The van der Waals surface area contributed by atoms with E-state index in [0.29, 0.717) is 21.8 Å². The number of halogens is 2. The number of carbonyl (C=O) groups excluding carboxylic acids is 1. The Labute approximate surface area is 220 Å². The summed E-state index contributed by atoms with van der Waals surface area (Å²) in [6, 6.07) is 20.4. The molecule has 3 aromatic carbocycles. The number of carbonyl (C=O) groups is 1. The first kappa shape index (κ1) is 25.1. The summed E-state index contributed by atoms with van der Waals surface area (Å²) in [5.74, 6) is 2.03. The van der Waals surface area contributed by atoms with Crippen LogP contribution in [0.4, 0.5) is 5.69 Å². The quantitative estimate of drug-likeness (QED) is 0.237. The van der Waals surface area contributed by atoms with Gasteiger partial charge in [-0.15, -0.1) is 10.2 Å².